The van der Waals surface area contributed by atoms with Crippen LogP contribution in [-0.2, 0) is 116 Å². The molecule has 6 aliphatic heterocycles. The molecular formula is C102H129F6N12O18V3-3. The van der Waals surface area contributed by atoms with Crippen molar-refractivity contribution in [2.24, 2.45) is 68.0 Å². The Bertz CT molecular complexity index is 5690. The summed E-state index contributed by atoms with van der Waals surface area (Å²) in [4.78, 5) is 150. The molecule has 6 aliphatic carbocycles. The van der Waals surface area contributed by atoms with E-state index in [4.69, 9.17) is 42.6 Å². The summed E-state index contributed by atoms with van der Waals surface area (Å²) in [6.07, 6.45) is 12.4. The summed E-state index contributed by atoms with van der Waals surface area (Å²) >= 11 is 0. The number of nitrogens with zero attached hydrogens (tertiary/aromatic N) is 9. The fraction of sp³-hybridized carbons (Fsp3) is 0.676. The Balaban J connectivity index is 0.000000176. The second kappa shape index (κ2) is 41.2. The van der Waals surface area contributed by atoms with Gasteiger partial charge in [-0.3, -0.25) is 14.4 Å². The molecule has 9 heterocycles. The number of halogens is 6. The molecule has 30 nitrogen and oxygen atoms in total. The Morgan fingerprint density at radius 3 is 1.00 bits per heavy atom. The molecule has 3 spiro atoms. The van der Waals surface area contributed by atoms with Crippen LogP contribution in [-0.4, -0.2) is 212 Å². The van der Waals surface area contributed by atoms with Gasteiger partial charge >= 0.3 is 36.0 Å². The summed E-state index contributed by atoms with van der Waals surface area (Å²) in [5.74, 6) is -12.9. The minimum absolute atomic E-state index is 0. The summed E-state index contributed by atoms with van der Waals surface area (Å²) in [7, 11) is 4.50. The van der Waals surface area contributed by atoms with Crippen molar-refractivity contribution >= 4 is 88.0 Å². The van der Waals surface area contributed by atoms with E-state index < -0.39 is 187 Å². The molecule has 3 aromatic carbocycles. The van der Waals surface area contributed by atoms with Gasteiger partial charge in [0.05, 0.1) is 74.1 Å². The average molecular weight is 2080 g/mol. The first-order valence-electron chi connectivity index (χ1n) is 48.8. The number of methoxy groups -OCH3 is 3. The molecule has 9 fully saturated rings. The van der Waals surface area contributed by atoms with Crippen LogP contribution in [0.15, 0.2) is 54.6 Å². The number of amides is 6. The number of alkyl halides is 6. The molecule has 39 heteroatoms. The Morgan fingerprint density at radius 1 is 0.376 bits per heavy atom. The van der Waals surface area contributed by atoms with Gasteiger partial charge in [-0.1, -0.05) is 120 Å². The summed E-state index contributed by atoms with van der Waals surface area (Å²) < 4.78 is 153. The predicted octanol–water partition coefficient (Wildman–Crippen LogP) is 17.1. The number of hydrogen-bond donors (Lipinski definition) is 3. The van der Waals surface area contributed by atoms with Crippen molar-refractivity contribution in [2.45, 2.75) is 328 Å². The number of rotatable bonds is 6. The number of benzene rings is 3. The number of aromatic nitrogens is 6. The second-order valence-electron chi connectivity index (χ2n) is 44.5. The van der Waals surface area contributed by atoms with Gasteiger partial charge in [0.1, 0.15) is 71.0 Å². The number of hydrogen-bond acceptors (Lipinski definition) is 24. The van der Waals surface area contributed by atoms with Gasteiger partial charge in [0.15, 0.2) is 17.1 Å². The van der Waals surface area contributed by atoms with Gasteiger partial charge in [-0.25, -0.2) is 63.1 Å². The van der Waals surface area contributed by atoms with Crippen LogP contribution in [0.3, 0.4) is 0 Å². The molecule has 12 aliphatic rings. The number of nitrogens with one attached hydrogen (secondary N) is 3. The van der Waals surface area contributed by atoms with Crippen molar-refractivity contribution in [1.29, 1.82) is 0 Å². The predicted molar refractivity (Wildman–Crippen MR) is 493 cm³/mol. The topological polar surface area (TPSA) is 360 Å². The normalized spacial score (nSPS) is 31.4. The van der Waals surface area contributed by atoms with Crippen molar-refractivity contribution in [3.63, 3.8) is 0 Å². The fourth-order valence-electron chi connectivity index (χ4n) is 22.4. The summed E-state index contributed by atoms with van der Waals surface area (Å²) in [5, 5.41) is 8.36. The molecule has 3 N–H and O–H groups in total. The monoisotopic (exact) mass is 2080 g/mol. The van der Waals surface area contributed by atoms with Crippen LogP contribution in [0.25, 0.3) is 33.1 Å². The van der Waals surface area contributed by atoms with Gasteiger partial charge in [-0.2, -0.15) is 26.3 Å². The standard InChI is InChI=1S/C35H45F2N4O6.C34H43F2N4O6.C33H41F2N4O6.3V/c1-20-25(19-42)41-18-26(20)46-29-27(38-23-12-11-22(45-6)17-24(23)39-29)35(36,37)34(15-16-34)14-8-10-21-9-7-13-33(21,5)47-31(44)40-28(30(41)43)32(2,3)4;1-19-24(18-41)40-17-26(19)45-29-27(37-22-12-11-21(44-5)16-23(22)38-29)34(35,36)33(14-15-33)13-7-9-20-8-6-10-25(20)46-31(43)39-28(30(40)42)32(2,3)4;1-18-23(17-40)39-16-24(18)44-27-25(36-21-10-9-20(43-6)14-22(21)37-27)33(34,35)32(12-13-32)11-7-8-19-15-31(19,5)45-29(42)38-26(28(39)41)30(2,3)4;;;/h11-12,17,20-21,25-26,28H,7-10,13-16,18H2,1-6H3,(H,40,44);11-12,16,19-20,24-26,28H,6-10,13-15,17H2,1-5H3,(H,39,43);9-10,14,18-19,23-24,26H,7-8,11-13,15-16H2,1-6H3,(H,38,42);;;/q3*-1;;;/t20-,21-,25+,26-,28+,33+;19-,20-,24+,25+,26-,28+;18-,19+,23+,24-,26+,31+;;;/m000.../s1. The SMILES string of the molecule is COc1ccc2nc3c(nc2c1)O[C@H]1CN(C(=O)[C@H](C(C)(C)C)NC(=O)O[C@@H]2CCC[C@H]2CCCC2(CC2)C3(F)F)[C@H]([C-]=O)[C@@H]1C.COc1ccc2nc3c(nc2c1)O[C@H]1CN(C(=O)[C@H](C(C)(C)C)NC(=O)O[C@]2(C)CCC[C@H]2CCCC2(CC2)C3(F)F)[C@H]([C-]=O)[C@@H]1C.COc1ccc2nc3c(nc2c1)O[C@H]1CN(C(=O)[C@H](C(C)(C)C)NC(=O)O[C@]2(C)C[C@H]2CCCC2(CC2)C3(F)F)[C@H]([C-]=O)[C@@H]1C.[V].[V].[V]. The first kappa shape index (κ1) is 109. The van der Waals surface area contributed by atoms with E-state index in [-0.39, 0.29) is 153 Å². The molecule has 6 saturated carbocycles. The molecule has 141 heavy (non-hydrogen) atoms. The van der Waals surface area contributed by atoms with E-state index in [0.29, 0.717) is 130 Å². The van der Waals surface area contributed by atoms with Gasteiger partial charge in [-0.05, 0) is 218 Å². The number of ether oxygens (including phenoxy) is 9. The van der Waals surface area contributed by atoms with E-state index in [1.807, 2.05) is 74.2 Å². The van der Waals surface area contributed by atoms with Crippen LogP contribution < -0.4 is 44.4 Å². The maximum atomic E-state index is 16.9. The van der Waals surface area contributed by atoms with Crippen LogP contribution in [0, 0.1) is 68.0 Å². The maximum absolute atomic E-state index is 16.9. The summed E-state index contributed by atoms with van der Waals surface area (Å²) in [6.45, 7) is 24.9. The van der Waals surface area contributed by atoms with Crippen molar-refractivity contribution in [3.05, 3.63) is 71.7 Å². The molecule has 6 aromatic rings. The minimum atomic E-state index is -3.37. The zero-order valence-corrected chi connectivity index (χ0v) is 87.3. The van der Waals surface area contributed by atoms with E-state index in [1.165, 1.54) is 36.0 Å². The van der Waals surface area contributed by atoms with Crippen molar-refractivity contribution in [3.8, 4) is 34.9 Å². The van der Waals surface area contributed by atoms with Gasteiger partial charge in [0.2, 0.25) is 35.4 Å². The first-order chi connectivity index (χ1) is 65.0. The van der Waals surface area contributed by atoms with Crippen LogP contribution in [0.1, 0.15) is 255 Å². The van der Waals surface area contributed by atoms with Gasteiger partial charge in [-0.15, -0.1) is 0 Å². The fourth-order valence-corrected chi connectivity index (χ4v) is 22.4. The molecule has 3 aromatic heterocycles. The third-order valence-corrected chi connectivity index (χ3v) is 32.1. The third-order valence-electron chi connectivity index (χ3n) is 32.1. The van der Waals surface area contributed by atoms with Crippen molar-refractivity contribution in [2.75, 3.05) is 41.0 Å². The average Bonchev–Trinajstić information content (AvgIpc) is 1.58. The Labute approximate surface area is 854 Å². The van der Waals surface area contributed by atoms with E-state index in [2.05, 4.69) is 45.9 Å². The minimum Gasteiger partial charge on any atom is -0.540 e. The number of fused-ring (bicyclic) bond motifs is 15. The van der Waals surface area contributed by atoms with Crippen LogP contribution in [0.4, 0.5) is 40.7 Å². The summed E-state index contributed by atoms with van der Waals surface area (Å²) in [6, 6.07) is 8.33. The Morgan fingerprint density at radius 2 is 0.681 bits per heavy atom. The van der Waals surface area contributed by atoms with Crippen molar-refractivity contribution in [1.82, 2.24) is 60.6 Å². The van der Waals surface area contributed by atoms with E-state index >= 15 is 26.3 Å². The van der Waals surface area contributed by atoms with Gasteiger partial charge in [0, 0.05) is 96.0 Å². The molecule has 3 saturated heterocycles. The number of alkyl carbamates (subject to hydrolysis) is 3. The van der Waals surface area contributed by atoms with Crippen LogP contribution in [0.2, 0.25) is 0 Å². The van der Waals surface area contributed by atoms with E-state index in [1.54, 1.807) is 96.1 Å². The molecular weight excluding hydrogens is 1950 g/mol. The maximum Gasteiger partial charge on any atom is 0.408 e. The Hall–Kier alpha value is -8.96. The van der Waals surface area contributed by atoms with E-state index in [9.17, 15) is 43.2 Å². The molecule has 765 valence electrons. The third kappa shape index (κ3) is 21.4. The summed E-state index contributed by atoms with van der Waals surface area (Å²) in [5.41, 5.74) is -7.46. The second-order valence-corrected chi connectivity index (χ2v) is 44.5. The molecule has 18 rings (SSSR count). The molecule has 0 unspecified atom stereocenters. The zero-order chi connectivity index (χ0) is 99.5. The van der Waals surface area contributed by atoms with Gasteiger partial charge < -0.3 is 87.7 Å². The first-order valence-corrected chi connectivity index (χ1v) is 48.8. The van der Waals surface area contributed by atoms with Crippen molar-refractivity contribution < 1.29 is 168 Å². The molecule has 6 bridgehead atoms. The molecule has 18 atom stereocenters. The quantitative estimate of drug-likeness (QED) is 0.0792. The largest absolute Gasteiger partial charge is 0.540 e. The van der Waals surface area contributed by atoms with Crippen LogP contribution in [0.5, 0.6) is 34.9 Å². The van der Waals surface area contributed by atoms with Gasteiger partial charge in [0.25, 0.3) is 0 Å². The number of carbonyl (C=O) groups excluding carboxylic acids is 9. The zero-order valence-electron chi connectivity index (χ0n) is 83.1. The molecule has 6 amide bonds. The van der Waals surface area contributed by atoms with E-state index in [0.717, 1.165) is 25.7 Å². The van der Waals surface area contributed by atoms with Crippen LogP contribution >= 0.6 is 0 Å². The Kier molecular flexibility index (Phi) is 31.9. The smallest absolute Gasteiger partial charge is 0.408 e. The molecule has 3 radical (unpaired) electrons. The number of carbonyl (C=O) groups is 6.